The Bertz CT molecular complexity index is 244. The third kappa shape index (κ3) is 4.28. The lowest BCUT2D eigenvalue weighted by Gasteiger charge is -2.28. The van der Waals surface area contributed by atoms with Crippen molar-refractivity contribution in [2.75, 3.05) is 13.2 Å². The van der Waals surface area contributed by atoms with Gasteiger partial charge in [0.05, 0.1) is 6.04 Å². The van der Waals surface area contributed by atoms with E-state index in [2.05, 4.69) is 13.8 Å². The van der Waals surface area contributed by atoms with E-state index >= 15 is 0 Å². The summed E-state index contributed by atoms with van der Waals surface area (Å²) in [6, 6.07) is -0.0578. The van der Waals surface area contributed by atoms with Crippen LogP contribution < -0.4 is 5.73 Å². The largest absolute Gasteiger partial charge is 0.396 e. The molecule has 0 radical (unpaired) electrons. The van der Waals surface area contributed by atoms with Gasteiger partial charge in [0.1, 0.15) is 0 Å². The molecule has 1 aliphatic heterocycles. The van der Waals surface area contributed by atoms with Crippen LogP contribution in [0.3, 0.4) is 0 Å². The number of aliphatic hydroxyl groups excluding tert-OH is 1. The minimum Gasteiger partial charge on any atom is -0.396 e. The van der Waals surface area contributed by atoms with Crippen LogP contribution in [0.1, 0.15) is 46.0 Å². The fourth-order valence-corrected chi connectivity index (χ4v) is 2.57. The molecule has 17 heavy (non-hydrogen) atoms. The molecule has 0 aliphatic carbocycles. The molecule has 4 heteroatoms. The van der Waals surface area contributed by atoms with Crippen LogP contribution in [-0.4, -0.2) is 41.1 Å². The standard InChI is InChI=1S/C13H26N2O2/c1-10(2)9-12(14)13(17)15-7-3-5-11(15)6-4-8-16/h10-12,16H,3-9,14H2,1-2H3/t11?,12-/m0/s1. The SMILES string of the molecule is CC(C)C[C@H](N)C(=O)N1CCCC1CCCO. The first-order valence-electron chi connectivity index (χ1n) is 6.73. The van der Waals surface area contributed by atoms with E-state index in [1.54, 1.807) is 0 Å². The van der Waals surface area contributed by atoms with Crippen molar-refractivity contribution in [3.05, 3.63) is 0 Å². The third-order valence-corrected chi connectivity index (χ3v) is 3.40. The molecule has 0 saturated carbocycles. The first kappa shape index (κ1) is 14.5. The van der Waals surface area contributed by atoms with E-state index < -0.39 is 0 Å². The van der Waals surface area contributed by atoms with Gasteiger partial charge in [-0.15, -0.1) is 0 Å². The summed E-state index contributed by atoms with van der Waals surface area (Å²) in [5.41, 5.74) is 5.95. The van der Waals surface area contributed by atoms with Gasteiger partial charge in [-0.25, -0.2) is 0 Å². The second kappa shape index (κ2) is 6.97. The quantitative estimate of drug-likeness (QED) is 0.733. The number of aliphatic hydroxyl groups is 1. The molecule has 1 rings (SSSR count). The van der Waals surface area contributed by atoms with E-state index in [0.29, 0.717) is 12.0 Å². The number of carbonyl (C=O) groups is 1. The molecule has 1 saturated heterocycles. The summed E-state index contributed by atoms with van der Waals surface area (Å²) in [7, 11) is 0. The highest BCUT2D eigenvalue weighted by molar-refractivity contribution is 5.82. The molecule has 0 aromatic carbocycles. The van der Waals surface area contributed by atoms with Crippen LogP contribution in [0.15, 0.2) is 0 Å². The minimum absolute atomic E-state index is 0.0964. The summed E-state index contributed by atoms with van der Waals surface area (Å²) in [4.78, 5) is 14.1. The molecule has 1 aliphatic rings. The molecule has 1 unspecified atom stereocenters. The zero-order chi connectivity index (χ0) is 12.8. The van der Waals surface area contributed by atoms with E-state index in [9.17, 15) is 4.79 Å². The molecule has 0 bridgehead atoms. The Labute approximate surface area is 104 Å². The van der Waals surface area contributed by atoms with E-state index in [4.69, 9.17) is 10.8 Å². The predicted octanol–water partition coefficient (Wildman–Crippen LogP) is 1.12. The van der Waals surface area contributed by atoms with Crippen molar-refractivity contribution >= 4 is 5.91 Å². The summed E-state index contributed by atoms with van der Waals surface area (Å²) >= 11 is 0. The minimum atomic E-state index is -0.357. The average molecular weight is 242 g/mol. The lowest BCUT2D eigenvalue weighted by atomic mass is 10.0. The smallest absolute Gasteiger partial charge is 0.239 e. The summed E-state index contributed by atoms with van der Waals surface area (Å²) in [6.07, 6.45) is 4.54. The van der Waals surface area contributed by atoms with Gasteiger partial charge in [-0.05, 0) is 38.0 Å². The van der Waals surface area contributed by atoms with E-state index in [1.807, 2.05) is 4.90 Å². The number of hydrogen-bond acceptors (Lipinski definition) is 3. The van der Waals surface area contributed by atoms with Crippen LogP contribution in [0, 0.1) is 5.92 Å². The Kier molecular flexibility index (Phi) is 5.92. The molecule has 3 N–H and O–H groups in total. The van der Waals surface area contributed by atoms with Gasteiger partial charge in [0, 0.05) is 19.2 Å². The summed E-state index contributed by atoms with van der Waals surface area (Å²) in [6.45, 7) is 5.21. The van der Waals surface area contributed by atoms with Gasteiger partial charge in [-0.1, -0.05) is 13.8 Å². The van der Waals surface area contributed by atoms with Gasteiger partial charge < -0.3 is 15.7 Å². The van der Waals surface area contributed by atoms with Crippen molar-refractivity contribution in [2.45, 2.75) is 58.0 Å². The third-order valence-electron chi connectivity index (χ3n) is 3.40. The van der Waals surface area contributed by atoms with Crippen LogP contribution in [0.4, 0.5) is 0 Å². The zero-order valence-corrected chi connectivity index (χ0v) is 11.1. The van der Waals surface area contributed by atoms with Crippen LogP contribution in [0.2, 0.25) is 0 Å². The Morgan fingerprint density at radius 2 is 2.24 bits per heavy atom. The maximum Gasteiger partial charge on any atom is 0.239 e. The summed E-state index contributed by atoms with van der Waals surface area (Å²) in [5.74, 6) is 0.548. The van der Waals surface area contributed by atoms with Crippen molar-refractivity contribution in [2.24, 2.45) is 11.7 Å². The van der Waals surface area contributed by atoms with Gasteiger partial charge in [-0.2, -0.15) is 0 Å². The predicted molar refractivity (Wildman–Crippen MR) is 68.5 cm³/mol. The van der Waals surface area contributed by atoms with Gasteiger partial charge >= 0.3 is 0 Å². The summed E-state index contributed by atoms with van der Waals surface area (Å²) < 4.78 is 0. The molecular formula is C13H26N2O2. The van der Waals surface area contributed by atoms with Gasteiger partial charge in [0.25, 0.3) is 0 Å². The molecule has 2 atom stereocenters. The lowest BCUT2D eigenvalue weighted by Crippen LogP contribution is -2.46. The van der Waals surface area contributed by atoms with Crippen LogP contribution in [0.25, 0.3) is 0 Å². The Morgan fingerprint density at radius 3 is 2.82 bits per heavy atom. The maximum atomic E-state index is 12.2. The molecule has 4 nitrogen and oxygen atoms in total. The topological polar surface area (TPSA) is 66.6 Å². The fraction of sp³-hybridized carbons (Fsp3) is 0.923. The molecule has 0 aromatic rings. The molecule has 1 fully saturated rings. The van der Waals surface area contributed by atoms with Gasteiger partial charge in [0.2, 0.25) is 5.91 Å². The number of likely N-dealkylation sites (tertiary alicyclic amines) is 1. The second-order valence-corrected chi connectivity index (χ2v) is 5.43. The highest BCUT2D eigenvalue weighted by Gasteiger charge is 2.31. The van der Waals surface area contributed by atoms with Crippen molar-refractivity contribution in [3.8, 4) is 0 Å². The van der Waals surface area contributed by atoms with E-state index in [1.165, 1.54) is 0 Å². The maximum absolute atomic E-state index is 12.2. The second-order valence-electron chi connectivity index (χ2n) is 5.43. The van der Waals surface area contributed by atoms with Crippen molar-refractivity contribution in [1.82, 2.24) is 4.90 Å². The lowest BCUT2D eigenvalue weighted by molar-refractivity contribution is -0.133. The number of carbonyl (C=O) groups excluding carboxylic acids is 1. The number of nitrogens with zero attached hydrogens (tertiary/aromatic N) is 1. The van der Waals surface area contributed by atoms with Crippen molar-refractivity contribution in [1.29, 1.82) is 0 Å². The first-order valence-corrected chi connectivity index (χ1v) is 6.73. The number of nitrogens with two attached hydrogens (primary N) is 1. The van der Waals surface area contributed by atoms with Crippen LogP contribution >= 0.6 is 0 Å². The normalized spacial score (nSPS) is 22.2. The molecule has 0 aromatic heterocycles. The molecule has 100 valence electrons. The molecule has 1 amide bonds. The number of amides is 1. The molecule has 1 heterocycles. The van der Waals surface area contributed by atoms with Crippen molar-refractivity contribution < 1.29 is 9.90 Å². The Morgan fingerprint density at radius 1 is 1.53 bits per heavy atom. The summed E-state index contributed by atoms with van der Waals surface area (Å²) in [5, 5.41) is 8.85. The Hall–Kier alpha value is -0.610. The van der Waals surface area contributed by atoms with E-state index in [0.717, 1.165) is 38.6 Å². The molecular weight excluding hydrogens is 216 g/mol. The number of rotatable bonds is 6. The van der Waals surface area contributed by atoms with Crippen LogP contribution in [-0.2, 0) is 4.79 Å². The Balaban J connectivity index is 2.48. The van der Waals surface area contributed by atoms with E-state index in [-0.39, 0.29) is 18.6 Å². The van der Waals surface area contributed by atoms with Crippen molar-refractivity contribution in [3.63, 3.8) is 0 Å². The average Bonchev–Trinajstić information content (AvgIpc) is 2.72. The van der Waals surface area contributed by atoms with Crippen LogP contribution in [0.5, 0.6) is 0 Å². The first-order chi connectivity index (χ1) is 8.06. The fourth-order valence-electron chi connectivity index (χ4n) is 2.57. The number of hydrogen-bond donors (Lipinski definition) is 2. The highest BCUT2D eigenvalue weighted by atomic mass is 16.3. The monoisotopic (exact) mass is 242 g/mol. The molecule has 0 spiro atoms. The van der Waals surface area contributed by atoms with Gasteiger partial charge in [0.15, 0.2) is 0 Å². The van der Waals surface area contributed by atoms with Gasteiger partial charge in [-0.3, -0.25) is 4.79 Å². The zero-order valence-electron chi connectivity index (χ0n) is 11.1. The highest BCUT2D eigenvalue weighted by Crippen LogP contribution is 2.22.